The van der Waals surface area contributed by atoms with E-state index in [0.717, 1.165) is 11.4 Å². The average molecular weight is 167 g/mol. The van der Waals surface area contributed by atoms with Crippen molar-refractivity contribution in [3.05, 3.63) is 10.4 Å². The highest BCUT2D eigenvalue weighted by Crippen LogP contribution is 2.58. The molecule has 0 aromatic rings. The Morgan fingerprint density at radius 3 is 2.56 bits per heavy atom. The van der Waals surface area contributed by atoms with Crippen molar-refractivity contribution in [3.63, 3.8) is 0 Å². The minimum atomic E-state index is -3.06. The smallest absolute Gasteiger partial charge is 0.320 e. The molecule has 9 heavy (non-hydrogen) atoms. The highest BCUT2D eigenvalue weighted by molar-refractivity contribution is 8.55. The Morgan fingerprint density at radius 1 is 1.89 bits per heavy atom. The molecule has 0 aliphatic carbocycles. The predicted molar refractivity (Wildman–Crippen MR) is 37.3 cm³/mol. The first kappa shape index (κ1) is 8.85. The highest BCUT2D eigenvalue weighted by atomic mass is 32.7. The Bertz CT molecular complexity index is 169. The Labute approximate surface area is 56.7 Å². The SMILES string of the molecule is COP(=O)(N=[N+]=[N-])SC. The third-order valence-electron chi connectivity index (χ3n) is 0.611. The normalized spacial score (nSPS) is 15.8. The lowest BCUT2D eigenvalue weighted by atomic mass is 11.8. The van der Waals surface area contributed by atoms with Crippen molar-refractivity contribution in [2.75, 3.05) is 13.4 Å². The van der Waals surface area contributed by atoms with Crippen LogP contribution in [0.5, 0.6) is 0 Å². The molecule has 0 N–H and O–H groups in total. The van der Waals surface area contributed by atoms with E-state index in [1.54, 1.807) is 6.26 Å². The van der Waals surface area contributed by atoms with Gasteiger partial charge >= 0.3 is 6.72 Å². The quantitative estimate of drug-likeness (QED) is 0.280. The van der Waals surface area contributed by atoms with Crippen LogP contribution in [0.25, 0.3) is 10.4 Å². The van der Waals surface area contributed by atoms with E-state index in [-0.39, 0.29) is 0 Å². The van der Waals surface area contributed by atoms with Crippen LogP contribution >= 0.6 is 18.1 Å². The molecule has 52 valence electrons. The summed E-state index contributed by atoms with van der Waals surface area (Å²) in [4.78, 5) is 5.34. The van der Waals surface area contributed by atoms with E-state index < -0.39 is 6.72 Å². The molecular formula is C2H6N3O2PS. The van der Waals surface area contributed by atoms with Gasteiger partial charge in [-0.05, 0) is 11.8 Å². The van der Waals surface area contributed by atoms with Gasteiger partial charge in [0.15, 0.2) is 0 Å². The van der Waals surface area contributed by atoms with Gasteiger partial charge in [0.25, 0.3) is 0 Å². The Kier molecular flexibility index (Phi) is 3.73. The van der Waals surface area contributed by atoms with Gasteiger partial charge in [0.2, 0.25) is 0 Å². The molecule has 0 spiro atoms. The molecule has 1 unspecified atom stereocenters. The molecule has 0 radical (unpaired) electrons. The number of nitrogens with zero attached hydrogens (tertiary/aromatic N) is 3. The maximum absolute atomic E-state index is 10.9. The molecule has 5 nitrogen and oxygen atoms in total. The van der Waals surface area contributed by atoms with Gasteiger partial charge in [0.05, 0.1) is 0 Å². The molecular weight excluding hydrogens is 161 g/mol. The first-order valence-electron chi connectivity index (χ1n) is 1.96. The fourth-order valence-corrected chi connectivity index (χ4v) is 1.35. The Morgan fingerprint density at radius 2 is 2.44 bits per heavy atom. The summed E-state index contributed by atoms with van der Waals surface area (Å²) in [7, 11) is 1.24. The van der Waals surface area contributed by atoms with Gasteiger partial charge in [-0.15, -0.1) is 0 Å². The maximum Gasteiger partial charge on any atom is 0.343 e. The van der Waals surface area contributed by atoms with Crippen LogP contribution in [0, 0.1) is 0 Å². The molecule has 0 aliphatic heterocycles. The molecule has 7 heteroatoms. The molecule has 0 bridgehead atoms. The van der Waals surface area contributed by atoms with Crippen molar-refractivity contribution in [1.82, 2.24) is 0 Å². The largest absolute Gasteiger partial charge is 0.343 e. The number of rotatable bonds is 3. The zero-order chi connectivity index (χ0) is 7.33. The molecule has 0 amide bonds. The summed E-state index contributed by atoms with van der Waals surface area (Å²) in [6, 6.07) is 0. The third-order valence-corrected chi connectivity index (χ3v) is 3.88. The molecule has 0 saturated carbocycles. The minimum Gasteiger partial charge on any atom is -0.320 e. The standard InChI is InChI=1S/C2H6N3O2PS/c1-7-8(6,9-2)5-4-3/h1-2H3. The topological polar surface area (TPSA) is 75.1 Å². The van der Waals surface area contributed by atoms with Crippen LogP contribution < -0.4 is 0 Å². The maximum atomic E-state index is 10.9. The summed E-state index contributed by atoms with van der Waals surface area (Å²) in [5.74, 6) is 0. The van der Waals surface area contributed by atoms with E-state index in [1.807, 2.05) is 0 Å². The van der Waals surface area contributed by atoms with Crippen LogP contribution in [0.2, 0.25) is 0 Å². The average Bonchev–Trinajstić information content (AvgIpc) is 1.89. The second kappa shape index (κ2) is 3.80. The zero-order valence-corrected chi connectivity index (χ0v) is 6.72. The lowest BCUT2D eigenvalue weighted by Crippen LogP contribution is -1.70. The van der Waals surface area contributed by atoms with E-state index in [4.69, 9.17) is 5.53 Å². The minimum absolute atomic E-state index is 0.910. The van der Waals surface area contributed by atoms with E-state index in [1.165, 1.54) is 7.11 Å². The van der Waals surface area contributed by atoms with Gasteiger partial charge < -0.3 is 4.52 Å². The predicted octanol–water partition coefficient (Wildman–Crippen LogP) is 2.41. The van der Waals surface area contributed by atoms with E-state index in [9.17, 15) is 4.57 Å². The van der Waals surface area contributed by atoms with E-state index in [2.05, 4.69) is 14.3 Å². The fourth-order valence-electron chi connectivity index (χ4n) is 0.197. The molecule has 0 rings (SSSR count). The first-order chi connectivity index (χ1) is 4.18. The van der Waals surface area contributed by atoms with Gasteiger partial charge in [-0.3, -0.25) is 4.57 Å². The van der Waals surface area contributed by atoms with Gasteiger partial charge in [0.1, 0.15) is 0 Å². The lowest BCUT2D eigenvalue weighted by Gasteiger charge is -2.02. The second-order valence-corrected chi connectivity index (χ2v) is 5.34. The molecule has 0 fully saturated rings. The van der Waals surface area contributed by atoms with Crippen LogP contribution in [0.1, 0.15) is 0 Å². The molecule has 0 heterocycles. The Balaban J connectivity index is 4.28. The third kappa shape index (κ3) is 2.77. The van der Waals surface area contributed by atoms with Gasteiger partial charge in [-0.25, -0.2) is 0 Å². The summed E-state index contributed by atoms with van der Waals surface area (Å²) in [6.45, 7) is -3.06. The molecule has 1 atom stereocenters. The lowest BCUT2D eigenvalue weighted by molar-refractivity contribution is 0.410. The van der Waals surface area contributed by atoms with Crippen molar-refractivity contribution in [2.24, 2.45) is 4.88 Å². The van der Waals surface area contributed by atoms with Crippen molar-refractivity contribution < 1.29 is 9.09 Å². The number of hydrogen-bond donors (Lipinski definition) is 0. The summed E-state index contributed by atoms with van der Waals surface area (Å²) in [6.07, 6.45) is 1.55. The molecule has 0 aromatic heterocycles. The van der Waals surface area contributed by atoms with Crippen LogP contribution in [-0.2, 0) is 9.09 Å². The first-order valence-corrected chi connectivity index (χ1v) is 5.37. The van der Waals surface area contributed by atoms with Gasteiger partial charge in [-0.2, -0.15) is 0 Å². The van der Waals surface area contributed by atoms with Crippen molar-refractivity contribution in [3.8, 4) is 0 Å². The molecule has 0 saturated heterocycles. The van der Waals surface area contributed by atoms with Gasteiger partial charge in [0, 0.05) is 16.9 Å². The van der Waals surface area contributed by atoms with Crippen LogP contribution in [0.4, 0.5) is 0 Å². The number of azide groups is 1. The van der Waals surface area contributed by atoms with Crippen LogP contribution in [0.15, 0.2) is 4.88 Å². The van der Waals surface area contributed by atoms with E-state index >= 15 is 0 Å². The number of hydrogen-bond acceptors (Lipinski definition) is 3. The molecule has 0 aliphatic rings. The highest BCUT2D eigenvalue weighted by Gasteiger charge is 2.15. The summed E-state index contributed by atoms with van der Waals surface area (Å²) >= 11 is 0.910. The Hall–Kier alpha value is -0.150. The monoisotopic (exact) mass is 167 g/mol. The fraction of sp³-hybridized carbons (Fsp3) is 1.00. The van der Waals surface area contributed by atoms with Gasteiger partial charge in [-0.1, -0.05) is 11.4 Å². The summed E-state index contributed by atoms with van der Waals surface area (Å²) in [5, 5.41) is 0. The van der Waals surface area contributed by atoms with Crippen molar-refractivity contribution in [2.45, 2.75) is 0 Å². The second-order valence-electron chi connectivity index (χ2n) is 1.01. The van der Waals surface area contributed by atoms with Crippen LogP contribution in [-0.4, -0.2) is 13.4 Å². The van der Waals surface area contributed by atoms with Crippen molar-refractivity contribution in [1.29, 1.82) is 0 Å². The van der Waals surface area contributed by atoms with E-state index in [0.29, 0.717) is 0 Å². The molecule has 0 aromatic carbocycles. The summed E-state index contributed by atoms with van der Waals surface area (Å²) in [5.41, 5.74) is 7.86. The van der Waals surface area contributed by atoms with Crippen molar-refractivity contribution >= 4 is 18.1 Å². The zero-order valence-electron chi connectivity index (χ0n) is 5.01. The summed E-state index contributed by atoms with van der Waals surface area (Å²) < 4.78 is 15.3. The van der Waals surface area contributed by atoms with Crippen LogP contribution in [0.3, 0.4) is 0 Å².